The predicted octanol–water partition coefficient (Wildman–Crippen LogP) is 4.05. The van der Waals surface area contributed by atoms with E-state index in [1.807, 2.05) is 12.1 Å². The molecule has 0 bridgehead atoms. The first-order chi connectivity index (χ1) is 14.8. The van der Waals surface area contributed by atoms with E-state index in [0.29, 0.717) is 19.3 Å². The first-order valence-corrected chi connectivity index (χ1v) is 12.1. The van der Waals surface area contributed by atoms with E-state index in [9.17, 15) is 4.79 Å². The van der Waals surface area contributed by atoms with Gasteiger partial charge in [-0.3, -0.25) is 4.79 Å². The van der Waals surface area contributed by atoms with Crippen molar-refractivity contribution >= 4 is 5.91 Å². The molecular formula is C25H38N2O3. The minimum absolute atomic E-state index is 0.192. The first-order valence-electron chi connectivity index (χ1n) is 12.1. The summed E-state index contributed by atoms with van der Waals surface area (Å²) in [4.78, 5) is 15.9. The quantitative estimate of drug-likeness (QED) is 0.652. The van der Waals surface area contributed by atoms with Crippen molar-refractivity contribution in [2.75, 3.05) is 39.5 Å². The molecule has 166 valence electrons. The van der Waals surface area contributed by atoms with Gasteiger partial charge in [0.1, 0.15) is 5.75 Å². The summed E-state index contributed by atoms with van der Waals surface area (Å²) in [6, 6.07) is 8.61. The number of benzene rings is 1. The van der Waals surface area contributed by atoms with Crippen molar-refractivity contribution in [2.24, 2.45) is 0 Å². The number of carbonyl (C=O) groups excluding carboxylic acids is 1. The first kappa shape index (κ1) is 21.6. The fraction of sp³-hybridized carbons (Fsp3) is 0.720. The van der Waals surface area contributed by atoms with Crippen LogP contribution in [-0.4, -0.2) is 56.3 Å². The third kappa shape index (κ3) is 5.36. The average Bonchev–Trinajstić information content (AvgIpc) is 3.32. The monoisotopic (exact) mass is 414 g/mol. The molecule has 4 rings (SSSR count). The third-order valence-electron chi connectivity index (χ3n) is 7.21. The molecule has 5 nitrogen and oxygen atoms in total. The van der Waals surface area contributed by atoms with Crippen LogP contribution >= 0.6 is 0 Å². The highest BCUT2D eigenvalue weighted by Crippen LogP contribution is 2.36. The SMILES string of the molecule is O=C(NC1CCCCC1)C1(c2ccc(OCCCN3CCCC3)cc2)CCOCC1. The maximum atomic E-state index is 13.4. The largest absolute Gasteiger partial charge is 0.494 e. The molecule has 1 N–H and O–H groups in total. The Kier molecular flexibility index (Phi) is 7.67. The molecule has 0 atom stereocenters. The van der Waals surface area contributed by atoms with Gasteiger partial charge in [0.2, 0.25) is 5.91 Å². The van der Waals surface area contributed by atoms with E-state index in [0.717, 1.165) is 56.6 Å². The van der Waals surface area contributed by atoms with E-state index in [2.05, 4.69) is 22.3 Å². The summed E-state index contributed by atoms with van der Waals surface area (Å²) in [5, 5.41) is 3.38. The summed E-state index contributed by atoms with van der Waals surface area (Å²) >= 11 is 0. The van der Waals surface area contributed by atoms with E-state index in [-0.39, 0.29) is 5.91 Å². The molecular weight excluding hydrogens is 376 g/mol. The van der Waals surface area contributed by atoms with E-state index >= 15 is 0 Å². The highest BCUT2D eigenvalue weighted by molar-refractivity contribution is 5.88. The van der Waals surface area contributed by atoms with Crippen molar-refractivity contribution in [1.82, 2.24) is 10.2 Å². The maximum absolute atomic E-state index is 13.4. The summed E-state index contributed by atoms with van der Waals surface area (Å²) in [6.07, 6.45) is 11.2. The normalized spacial score (nSPS) is 22.7. The molecule has 2 aliphatic heterocycles. The molecule has 1 saturated carbocycles. The van der Waals surface area contributed by atoms with Crippen molar-refractivity contribution in [1.29, 1.82) is 0 Å². The maximum Gasteiger partial charge on any atom is 0.231 e. The minimum Gasteiger partial charge on any atom is -0.494 e. The Morgan fingerprint density at radius 1 is 1.03 bits per heavy atom. The second-order valence-electron chi connectivity index (χ2n) is 9.28. The zero-order chi connectivity index (χ0) is 20.7. The Balaban J connectivity index is 1.35. The van der Waals surface area contributed by atoms with Crippen molar-refractivity contribution < 1.29 is 14.3 Å². The van der Waals surface area contributed by atoms with Crippen LogP contribution in [0, 0.1) is 0 Å². The third-order valence-corrected chi connectivity index (χ3v) is 7.21. The van der Waals surface area contributed by atoms with E-state index in [4.69, 9.17) is 9.47 Å². The lowest BCUT2D eigenvalue weighted by Crippen LogP contribution is -2.51. The number of hydrogen-bond acceptors (Lipinski definition) is 4. The molecule has 0 spiro atoms. The van der Waals surface area contributed by atoms with Crippen molar-refractivity contribution in [2.45, 2.75) is 75.7 Å². The number of ether oxygens (including phenoxy) is 2. The van der Waals surface area contributed by atoms with Crippen molar-refractivity contribution in [3.05, 3.63) is 29.8 Å². The number of rotatable bonds is 8. The summed E-state index contributed by atoms with van der Waals surface area (Å²) < 4.78 is 11.6. The molecule has 30 heavy (non-hydrogen) atoms. The van der Waals surface area contributed by atoms with Gasteiger partial charge in [-0.05, 0) is 75.7 Å². The molecule has 0 aromatic heterocycles. The Morgan fingerprint density at radius 2 is 1.73 bits per heavy atom. The molecule has 5 heteroatoms. The van der Waals surface area contributed by atoms with Gasteiger partial charge >= 0.3 is 0 Å². The van der Waals surface area contributed by atoms with Gasteiger partial charge in [-0.2, -0.15) is 0 Å². The standard InChI is InChI=1S/C25H38N2O3/c28-24(26-22-7-2-1-3-8-22)25(13-19-29-20-14-25)21-9-11-23(12-10-21)30-18-6-17-27-15-4-5-16-27/h9-12,22H,1-8,13-20H2,(H,26,28). The van der Waals surface area contributed by atoms with Crippen LogP contribution in [0.15, 0.2) is 24.3 Å². The highest BCUT2D eigenvalue weighted by atomic mass is 16.5. The number of nitrogens with one attached hydrogen (secondary N) is 1. The van der Waals surface area contributed by atoms with Crippen LogP contribution in [-0.2, 0) is 14.9 Å². The van der Waals surface area contributed by atoms with E-state index < -0.39 is 5.41 Å². The number of hydrogen-bond donors (Lipinski definition) is 1. The van der Waals surface area contributed by atoms with Gasteiger partial charge in [0.25, 0.3) is 0 Å². The summed E-state index contributed by atoms with van der Waals surface area (Å²) in [6.45, 7) is 5.64. The van der Waals surface area contributed by atoms with Crippen LogP contribution in [0.4, 0.5) is 0 Å². The van der Waals surface area contributed by atoms with E-state index in [1.165, 1.54) is 45.2 Å². The predicted molar refractivity (Wildman–Crippen MR) is 119 cm³/mol. The summed E-state index contributed by atoms with van der Waals surface area (Å²) in [7, 11) is 0. The lowest BCUT2D eigenvalue weighted by atomic mass is 9.73. The molecule has 3 fully saturated rings. The van der Waals surface area contributed by atoms with Gasteiger partial charge in [-0.25, -0.2) is 0 Å². The highest BCUT2D eigenvalue weighted by Gasteiger charge is 2.42. The van der Waals surface area contributed by atoms with Crippen LogP contribution in [0.2, 0.25) is 0 Å². The second-order valence-corrected chi connectivity index (χ2v) is 9.28. The Bertz CT molecular complexity index is 657. The molecule has 1 aliphatic carbocycles. The van der Waals surface area contributed by atoms with Crippen molar-refractivity contribution in [3.8, 4) is 5.75 Å². The molecule has 1 amide bonds. The fourth-order valence-corrected chi connectivity index (χ4v) is 5.29. The molecule has 0 radical (unpaired) electrons. The molecule has 3 aliphatic rings. The average molecular weight is 415 g/mol. The number of carbonyl (C=O) groups is 1. The Hall–Kier alpha value is -1.59. The zero-order valence-corrected chi connectivity index (χ0v) is 18.4. The molecule has 1 aromatic carbocycles. The van der Waals surface area contributed by atoms with Gasteiger partial charge in [-0.15, -0.1) is 0 Å². The number of nitrogens with zero attached hydrogens (tertiary/aromatic N) is 1. The minimum atomic E-state index is -0.468. The molecule has 2 heterocycles. The van der Waals surface area contributed by atoms with Crippen LogP contribution in [0.3, 0.4) is 0 Å². The number of amides is 1. The van der Waals surface area contributed by atoms with Crippen LogP contribution in [0.1, 0.15) is 69.8 Å². The lowest BCUT2D eigenvalue weighted by molar-refractivity contribution is -0.131. The van der Waals surface area contributed by atoms with Gasteiger partial charge in [0, 0.05) is 25.8 Å². The van der Waals surface area contributed by atoms with Gasteiger partial charge < -0.3 is 19.7 Å². The van der Waals surface area contributed by atoms with Gasteiger partial charge in [-0.1, -0.05) is 31.4 Å². The van der Waals surface area contributed by atoms with Crippen LogP contribution in [0.5, 0.6) is 5.75 Å². The second kappa shape index (κ2) is 10.6. The van der Waals surface area contributed by atoms with Gasteiger partial charge in [0.05, 0.1) is 12.0 Å². The zero-order valence-electron chi connectivity index (χ0n) is 18.4. The fourth-order valence-electron chi connectivity index (χ4n) is 5.29. The van der Waals surface area contributed by atoms with Crippen molar-refractivity contribution in [3.63, 3.8) is 0 Å². The summed E-state index contributed by atoms with van der Waals surface area (Å²) in [5.74, 6) is 1.09. The number of likely N-dealkylation sites (tertiary alicyclic amines) is 1. The molecule has 0 unspecified atom stereocenters. The molecule has 1 aromatic rings. The Labute approximate surface area is 181 Å². The molecule has 2 saturated heterocycles. The smallest absolute Gasteiger partial charge is 0.231 e. The topological polar surface area (TPSA) is 50.8 Å². The van der Waals surface area contributed by atoms with Gasteiger partial charge in [0.15, 0.2) is 0 Å². The van der Waals surface area contributed by atoms with Crippen LogP contribution in [0.25, 0.3) is 0 Å². The van der Waals surface area contributed by atoms with Crippen LogP contribution < -0.4 is 10.1 Å². The lowest BCUT2D eigenvalue weighted by Gasteiger charge is -2.38. The Morgan fingerprint density at radius 3 is 2.43 bits per heavy atom. The van der Waals surface area contributed by atoms with E-state index in [1.54, 1.807) is 0 Å². The summed E-state index contributed by atoms with van der Waals surface area (Å²) in [5.41, 5.74) is 0.632.